The van der Waals surface area contributed by atoms with Gasteiger partial charge >= 0.3 is 6.03 Å². The highest BCUT2D eigenvalue weighted by atomic mass is 16.5. The lowest BCUT2D eigenvalue weighted by Gasteiger charge is -2.43. The number of hydrogen-bond acceptors (Lipinski definition) is 6. The number of amides is 3. The molecule has 2 fully saturated rings. The topological polar surface area (TPSA) is 83.9 Å². The van der Waals surface area contributed by atoms with Gasteiger partial charge in [0.2, 0.25) is 5.91 Å². The van der Waals surface area contributed by atoms with Gasteiger partial charge in [0.15, 0.2) is 11.5 Å². The van der Waals surface area contributed by atoms with Crippen LogP contribution in [0.1, 0.15) is 31.2 Å². The van der Waals surface area contributed by atoms with Gasteiger partial charge in [-0.05, 0) is 43.9 Å². The van der Waals surface area contributed by atoms with E-state index < -0.39 is 0 Å². The predicted molar refractivity (Wildman–Crippen MR) is 131 cm³/mol. The Bertz CT molecular complexity index is 1010. The molecule has 3 heterocycles. The van der Waals surface area contributed by atoms with Crippen LogP contribution in [0.15, 0.2) is 35.5 Å². The fourth-order valence-electron chi connectivity index (χ4n) is 5.58. The van der Waals surface area contributed by atoms with E-state index >= 15 is 0 Å². The number of morpholine rings is 1. The molecule has 3 amide bonds. The highest BCUT2D eigenvalue weighted by molar-refractivity contribution is 6.07. The van der Waals surface area contributed by atoms with Crippen LogP contribution in [0.5, 0.6) is 11.5 Å². The maximum atomic E-state index is 13.6. The Balaban J connectivity index is 1.37. The first-order chi connectivity index (χ1) is 17.1. The molecule has 5 rings (SSSR count). The van der Waals surface area contributed by atoms with E-state index in [9.17, 15) is 9.59 Å². The van der Waals surface area contributed by atoms with Crippen LogP contribution >= 0.6 is 0 Å². The normalized spacial score (nSPS) is 25.3. The molecule has 1 aromatic carbocycles. The summed E-state index contributed by atoms with van der Waals surface area (Å²) in [4.78, 5) is 30.2. The molecule has 188 valence electrons. The van der Waals surface area contributed by atoms with Crippen molar-refractivity contribution in [3.63, 3.8) is 0 Å². The fourth-order valence-corrected chi connectivity index (χ4v) is 5.58. The SMILES string of the molecule is COc1ccc(C2=NN(C3CCN(C(=O)N4CCOCC4)CC3)C(=O)[C@@H]3CC=CC[C@H]23)cc1OC. The molecule has 9 heteroatoms. The van der Waals surface area contributed by atoms with E-state index in [1.165, 1.54) is 0 Å². The quantitative estimate of drug-likeness (QED) is 0.617. The lowest BCUT2D eigenvalue weighted by Crippen LogP contribution is -2.55. The molecule has 0 unspecified atom stereocenters. The second-order valence-electron chi connectivity index (χ2n) is 9.49. The van der Waals surface area contributed by atoms with Crippen molar-refractivity contribution in [2.45, 2.75) is 31.7 Å². The number of hydrazone groups is 1. The molecule has 0 bridgehead atoms. The van der Waals surface area contributed by atoms with Crippen molar-refractivity contribution in [3.8, 4) is 11.5 Å². The first kappa shape index (κ1) is 23.7. The van der Waals surface area contributed by atoms with E-state index in [2.05, 4.69) is 12.2 Å². The molecule has 0 saturated carbocycles. The zero-order chi connectivity index (χ0) is 24.4. The van der Waals surface area contributed by atoms with Crippen LogP contribution in [-0.4, -0.2) is 92.1 Å². The van der Waals surface area contributed by atoms with Crippen molar-refractivity contribution in [1.29, 1.82) is 0 Å². The maximum Gasteiger partial charge on any atom is 0.320 e. The van der Waals surface area contributed by atoms with Gasteiger partial charge in [0.1, 0.15) is 0 Å². The number of methoxy groups -OCH3 is 2. The number of carbonyl (C=O) groups excluding carboxylic acids is 2. The zero-order valence-electron chi connectivity index (χ0n) is 20.5. The highest BCUT2D eigenvalue weighted by Crippen LogP contribution is 2.38. The molecule has 9 nitrogen and oxygen atoms in total. The highest BCUT2D eigenvalue weighted by Gasteiger charge is 2.43. The third-order valence-corrected chi connectivity index (χ3v) is 7.58. The molecular formula is C26H34N4O5. The van der Waals surface area contributed by atoms with Gasteiger partial charge in [-0.15, -0.1) is 0 Å². The smallest absolute Gasteiger partial charge is 0.320 e. The Hall–Kier alpha value is -3.07. The number of urea groups is 1. The van der Waals surface area contributed by atoms with Gasteiger partial charge in [0, 0.05) is 37.7 Å². The lowest BCUT2D eigenvalue weighted by atomic mass is 9.76. The summed E-state index contributed by atoms with van der Waals surface area (Å²) in [7, 11) is 3.24. The Labute approximate surface area is 206 Å². The first-order valence-electron chi connectivity index (χ1n) is 12.5. The number of ether oxygens (including phenoxy) is 3. The first-order valence-corrected chi connectivity index (χ1v) is 12.5. The summed E-state index contributed by atoms with van der Waals surface area (Å²) in [6.07, 6.45) is 7.22. The van der Waals surface area contributed by atoms with Crippen LogP contribution in [0.4, 0.5) is 4.79 Å². The summed E-state index contributed by atoms with van der Waals surface area (Å²) in [6.45, 7) is 3.71. The summed E-state index contributed by atoms with van der Waals surface area (Å²) in [5.41, 5.74) is 1.87. The Morgan fingerprint density at radius 1 is 0.943 bits per heavy atom. The van der Waals surface area contributed by atoms with Gasteiger partial charge < -0.3 is 24.0 Å². The summed E-state index contributed by atoms with van der Waals surface area (Å²) in [5, 5.41) is 6.70. The van der Waals surface area contributed by atoms with Crippen molar-refractivity contribution in [1.82, 2.24) is 14.8 Å². The summed E-state index contributed by atoms with van der Waals surface area (Å²) >= 11 is 0. The summed E-state index contributed by atoms with van der Waals surface area (Å²) in [6, 6.07) is 5.89. The minimum atomic E-state index is -0.117. The lowest BCUT2D eigenvalue weighted by molar-refractivity contribution is -0.141. The second kappa shape index (κ2) is 10.3. The van der Waals surface area contributed by atoms with Crippen LogP contribution in [0, 0.1) is 11.8 Å². The molecule has 0 spiro atoms. The monoisotopic (exact) mass is 482 g/mol. The van der Waals surface area contributed by atoms with Crippen LogP contribution < -0.4 is 9.47 Å². The molecule has 0 radical (unpaired) electrons. The number of nitrogens with zero attached hydrogens (tertiary/aromatic N) is 4. The van der Waals surface area contributed by atoms with Crippen LogP contribution in [0.25, 0.3) is 0 Å². The van der Waals surface area contributed by atoms with Crippen molar-refractivity contribution in [2.75, 3.05) is 53.6 Å². The molecular weight excluding hydrogens is 448 g/mol. The van der Waals surface area contributed by atoms with E-state index in [4.69, 9.17) is 19.3 Å². The molecule has 35 heavy (non-hydrogen) atoms. The molecule has 0 N–H and O–H groups in total. The van der Waals surface area contributed by atoms with Crippen molar-refractivity contribution in [2.24, 2.45) is 16.9 Å². The van der Waals surface area contributed by atoms with Crippen LogP contribution in [-0.2, 0) is 9.53 Å². The molecule has 2 saturated heterocycles. The minimum absolute atomic E-state index is 0.0155. The number of likely N-dealkylation sites (tertiary alicyclic amines) is 1. The van der Waals surface area contributed by atoms with Gasteiger partial charge in [-0.1, -0.05) is 12.2 Å². The Morgan fingerprint density at radius 2 is 1.60 bits per heavy atom. The largest absolute Gasteiger partial charge is 0.493 e. The predicted octanol–water partition coefficient (Wildman–Crippen LogP) is 2.75. The van der Waals surface area contributed by atoms with Crippen LogP contribution in [0.3, 0.4) is 0 Å². The second-order valence-corrected chi connectivity index (χ2v) is 9.49. The number of hydrogen-bond donors (Lipinski definition) is 0. The summed E-state index contributed by atoms with van der Waals surface area (Å²) < 4.78 is 16.3. The summed E-state index contributed by atoms with van der Waals surface area (Å²) in [5.74, 6) is 1.34. The van der Waals surface area contributed by atoms with E-state index in [-0.39, 0.29) is 29.8 Å². The minimum Gasteiger partial charge on any atom is -0.493 e. The van der Waals surface area contributed by atoms with Crippen molar-refractivity contribution >= 4 is 17.6 Å². The van der Waals surface area contributed by atoms with Gasteiger partial charge in [0.05, 0.1) is 45.1 Å². The molecule has 1 aromatic rings. The number of fused-ring (bicyclic) bond motifs is 1. The average Bonchev–Trinajstić information content (AvgIpc) is 2.93. The zero-order valence-corrected chi connectivity index (χ0v) is 20.5. The van der Waals surface area contributed by atoms with E-state index in [1.807, 2.05) is 28.0 Å². The van der Waals surface area contributed by atoms with Gasteiger partial charge in [-0.3, -0.25) is 4.79 Å². The third kappa shape index (κ3) is 4.61. The fraction of sp³-hybridized carbons (Fsp3) is 0.577. The average molecular weight is 483 g/mol. The number of piperidine rings is 1. The van der Waals surface area contributed by atoms with Gasteiger partial charge in [0.25, 0.3) is 0 Å². The molecule has 4 aliphatic rings. The number of benzene rings is 1. The molecule has 2 atom stereocenters. The maximum absolute atomic E-state index is 13.6. The van der Waals surface area contributed by atoms with E-state index in [0.29, 0.717) is 50.9 Å². The van der Waals surface area contributed by atoms with Gasteiger partial charge in [-0.25, -0.2) is 9.80 Å². The van der Waals surface area contributed by atoms with Crippen LogP contribution in [0.2, 0.25) is 0 Å². The Morgan fingerprint density at radius 3 is 2.29 bits per heavy atom. The Kier molecular flexibility index (Phi) is 6.95. The molecule has 0 aromatic heterocycles. The molecule has 1 aliphatic carbocycles. The van der Waals surface area contributed by atoms with Gasteiger partial charge in [-0.2, -0.15) is 5.10 Å². The number of carbonyl (C=O) groups is 2. The van der Waals surface area contributed by atoms with E-state index in [0.717, 1.165) is 37.0 Å². The number of rotatable bonds is 4. The van der Waals surface area contributed by atoms with Crippen molar-refractivity contribution in [3.05, 3.63) is 35.9 Å². The molecule has 3 aliphatic heterocycles. The van der Waals surface area contributed by atoms with E-state index in [1.54, 1.807) is 19.2 Å². The van der Waals surface area contributed by atoms with Crippen molar-refractivity contribution < 1.29 is 23.8 Å². The number of allylic oxidation sites excluding steroid dienone is 2. The third-order valence-electron chi connectivity index (χ3n) is 7.58. The standard InChI is InChI=1S/C26H34N4O5/c1-33-22-8-7-18(17-23(22)34-2)24-20-5-3-4-6-21(20)25(31)30(27-24)19-9-11-28(12-10-19)26(32)29-13-15-35-16-14-29/h3-4,7-8,17,19-21H,5-6,9-16H2,1-2H3/t20-,21+/m0/s1.